The van der Waals surface area contributed by atoms with E-state index < -0.39 is 17.2 Å². The number of nitrogens with zero attached hydrogens (tertiary/aromatic N) is 1. The van der Waals surface area contributed by atoms with E-state index in [1.807, 2.05) is 6.07 Å². The zero-order valence-corrected chi connectivity index (χ0v) is 14.4. The number of aryl methyl sites for hydroxylation is 1. The van der Waals surface area contributed by atoms with Gasteiger partial charge in [0.25, 0.3) is 0 Å². The maximum absolute atomic E-state index is 15.0. The molecule has 3 N–H and O–H groups in total. The molecule has 1 saturated heterocycles. The summed E-state index contributed by atoms with van der Waals surface area (Å²) in [6.45, 7) is 3.57. The van der Waals surface area contributed by atoms with E-state index in [9.17, 15) is 9.50 Å². The second-order valence-electron chi connectivity index (χ2n) is 7.86. The van der Waals surface area contributed by atoms with E-state index in [1.165, 1.54) is 12.3 Å². The van der Waals surface area contributed by atoms with Gasteiger partial charge in [-0.1, -0.05) is 6.07 Å². The highest BCUT2D eigenvalue weighted by Gasteiger charge is 2.58. The van der Waals surface area contributed by atoms with E-state index in [0.29, 0.717) is 46.1 Å². The van der Waals surface area contributed by atoms with Gasteiger partial charge in [-0.25, -0.2) is 13.8 Å². The molecule has 134 valence electrons. The average Bonchev–Trinajstić information content (AvgIpc) is 2.91. The number of benzene rings is 1. The maximum atomic E-state index is 15.0. The molecule has 2 aromatic heterocycles. The first kappa shape index (κ1) is 15.9. The summed E-state index contributed by atoms with van der Waals surface area (Å²) in [5.74, 6) is -0.854. The molecule has 6 heteroatoms. The lowest BCUT2D eigenvalue weighted by atomic mass is 9.53. The van der Waals surface area contributed by atoms with Crippen LogP contribution >= 0.6 is 0 Å². The molecule has 2 fully saturated rings. The molecule has 2 aliphatic rings. The van der Waals surface area contributed by atoms with Crippen molar-refractivity contribution in [2.75, 3.05) is 13.1 Å². The number of aromatic amines is 1. The summed E-state index contributed by atoms with van der Waals surface area (Å²) in [4.78, 5) is 6.89. The third-order valence-corrected chi connectivity index (χ3v) is 5.92. The van der Waals surface area contributed by atoms with E-state index in [0.717, 1.165) is 13.1 Å². The SMILES string of the molecule is Cc1cc(-c2ccnc3[nH]cc(F)c23)cc(F)c1C1(O)CC2(CNC2)C1. The number of pyridine rings is 1. The molecule has 4 nitrogen and oxygen atoms in total. The summed E-state index contributed by atoms with van der Waals surface area (Å²) < 4.78 is 29.2. The lowest BCUT2D eigenvalue weighted by Crippen LogP contribution is -2.65. The lowest BCUT2D eigenvalue weighted by Gasteiger charge is -2.59. The van der Waals surface area contributed by atoms with Crippen LogP contribution in [0.4, 0.5) is 8.78 Å². The minimum absolute atomic E-state index is 0.123. The Labute approximate surface area is 149 Å². The molecule has 1 aromatic carbocycles. The van der Waals surface area contributed by atoms with Crippen LogP contribution in [0.5, 0.6) is 0 Å². The van der Waals surface area contributed by atoms with Crippen molar-refractivity contribution < 1.29 is 13.9 Å². The highest BCUT2D eigenvalue weighted by Crippen LogP contribution is 2.57. The summed E-state index contributed by atoms with van der Waals surface area (Å²) in [5, 5.41) is 14.5. The van der Waals surface area contributed by atoms with E-state index in [-0.39, 0.29) is 5.41 Å². The maximum Gasteiger partial charge on any atom is 0.150 e. The summed E-state index contributed by atoms with van der Waals surface area (Å²) in [5.41, 5.74) is 1.67. The standard InChI is InChI=1S/C20H19F2N3O/c1-11-4-12(13-2-3-24-18-16(13)15(22)6-25-18)5-14(21)17(11)20(26)7-19(8-20)9-23-10-19/h2-6,23,26H,7-10H2,1H3,(H,24,25). The van der Waals surface area contributed by atoms with Gasteiger partial charge in [0.2, 0.25) is 0 Å². The molecule has 1 aliphatic carbocycles. The average molecular weight is 355 g/mol. The number of H-pyrrole nitrogens is 1. The van der Waals surface area contributed by atoms with Crippen LogP contribution in [-0.4, -0.2) is 28.2 Å². The zero-order valence-electron chi connectivity index (χ0n) is 14.4. The minimum Gasteiger partial charge on any atom is -0.385 e. The second kappa shape index (κ2) is 5.11. The predicted octanol–water partition coefficient (Wildman–Crippen LogP) is 3.39. The first-order valence-electron chi connectivity index (χ1n) is 8.77. The summed E-state index contributed by atoms with van der Waals surface area (Å²) in [7, 11) is 0. The predicted molar refractivity (Wildman–Crippen MR) is 94.6 cm³/mol. The number of halogens is 2. The van der Waals surface area contributed by atoms with E-state index in [4.69, 9.17) is 0 Å². The van der Waals surface area contributed by atoms with Gasteiger partial charge in [-0.05, 0) is 48.6 Å². The number of rotatable bonds is 2. The number of fused-ring (bicyclic) bond motifs is 1. The Morgan fingerprint density at radius 1 is 1.15 bits per heavy atom. The fraction of sp³-hybridized carbons (Fsp3) is 0.350. The van der Waals surface area contributed by atoms with Gasteiger partial charge >= 0.3 is 0 Å². The Hall–Kier alpha value is -2.31. The van der Waals surface area contributed by atoms with Crippen LogP contribution in [0, 0.1) is 24.0 Å². The van der Waals surface area contributed by atoms with Crippen LogP contribution in [0.15, 0.2) is 30.6 Å². The van der Waals surface area contributed by atoms with Gasteiger partial charge in [0.05, 0.1) is 11.0 Å². The van der Waals surface area contributed by atoms with Gasteiger partial charge in [0.1, 0.15) is 11.5 Å². The highest BCUT2D eigenvalue weighted by molar-refractivity contribution is 5.93. The second-order valence-corrected chi connectivity index (χ2v) is 7.86. The lowest BCUT2D eigenvalue weighted by molar-refractivity contribution is -0.157. The van der Waals surface area contributed by atoms with Gasteiger partial charge in [0, 0.05) is 36.5 Å². The Kier molecular flexibility index (Phi) is 3.13. The molecule has 3 heterocycles. The summed E-state index contributed by atoms with van der Waals surface area (Å²) >= 11 is 0. The number of nitrogens with one attached hydrogen (secondary N) is 2. The number of hydrogen-bond acceptors (Lipinski definition) is 3. The van der Waals surface area contributed by atoms with E-state index >= 15 is 4.39 Å². The Morgan fingerprint density at radius 2 is 1.92 bits per heavy atom. The molecule has 1 aliphatic heterocycles. The van der Waals surface area contributed by atoms with E-state index in [1.54, 1.807) is 19.2 Å². The monoisotopic (exact) mass is 355 g/mol. The Balaban J connectivity index is 1.59. The summed E-state index contributed by atoms with van der Waals surface area (Å²) in [6, 6.07) is 4.90. The zero-order chi connectivity index (χ0) is 18.1. The molecular formula is C20H19F2N3O. The first-order valence-corrected chi connectivity index (χ1v) is 8.77. The molecule has 5 rings (SSSR count). The molecule has 0 amide bonds. The molecule has 1 spiro atoms. The van der Waals surface area contributed by atoms with Gasteiger partial charge in [-0.3, -0.25) is 0 Å². The number of aromatic nitrogens is 2. The normalized spacial score (nSPS) is 20.2. The molecule has 0 atom stereocenters. The van der Waals surface area contributed by atoms with Crippen molar-refractivity contribution in [1.82, 2.24) is 15.3 Å². The van der Waals surface area contributed by atoms with Crippen LogP contribution in [0.25, 0.3) is 22.2 Å². The summed E-state index contributed by atoms with van der Waals surface area (Å²) in [6.07, 6.45) is 3.98. The Morgan fingerprint density at radius 3 is 2.58 bits per heavy atom. The fourth-order valence-corrected chi connectivity index (χ4v) is 4.84. The molecule has 0 unspecified atom stereocenters. The van der Waals surface area contributed by atoms with Crippen LogP contribution in [0.1, 0.15) is 24.0 Å². The van der Waals surface area contributed by atoms with Crippen LogP contribution in [0.2, 0.25) is 0 Å². The third-order valence-electron chi connectivity index (χ3n) is 5.92. The molecule has 0 radical (unpaired) electrons. The molecular weight excluding hydrogens is 336 g/mol. The van der Waals surface area contributed by atoms with Crippen molar-refractivity contribution in [3.8, 4) is 11.1 Å². The quantitative estimate of drug-likeness (QED) is 0.660. The smallest absolute Gasteiger partial charge is 0.150 e. The molecule has 3 aromatic rings. The molecule has 0 bridgehead atoms. The Bertz CT molecular complexity index is 1010. The minimum atomic E-state index is -1.11. The number of aliphatic hydroxyl groups is 1. The van der Waals surface area contributed by atoms with Crippen LogP contribution in [-0.2, 0) is 5.60 Å². The largest absolute Gasteiger partial charge is 0.385 e. The first-order chi connectivity index (χ1) is 12.4. The van der Waals surface area contributed by atoms with Crippen molar-refractivity contribution in [1.29, 1.82) is 0 Å². The van der Waals surface area contributed by atoms with E-state index in [2.05, 4.69) is 15.3 Å². The molecule has 26 heavy (non-hydrogen) atoms. The number of hydrogen-bond donors (Lipinski definition) is 3. The van der Waals surface area contributed by atoms with Crippen molar-refractivity contribution in [3.63, 3.8) is 0 Å². The van der Waals surface area contributed by atoms with Gasteiger partial charge in [0.15, 0.2) is 5.82 Å². The van der Waals surface area contributed by atoms with Crippen LogP contribution < -0.4 is 5.32 Å². The topological polar surface area (TPSA) is 60.9 Å². The molecule has 1 saturated carbocycles. The van der Waals surface area contributed by atoms with Crippen molar-refractivity contribution in [2.24, 2.45) is 5.41 Å². The fourth-order valence-electron chi connectivity index (χ4n) is 4.84. The van der Waals surface area contributed by atoms with Gasteiger partial charge < -0.3 is 15.4 Å². The highest BCUT2D eigenvalue weighted by atomic mass is 19.1. The van der Waals surface area contributed by atoms with Crippen molar-refractivity contribution in [3.05, 3.63) is 53.4 Å². The van der Waals surface area contributed by atoms with Gasteiger partial charge in [-0.2, -0.15) is 0 Å². The van der Waals surface area contributed by atoms with Crippen LogP contribution in [0.3, 0.4) is 0 Å². The third kappa shape index (κ3) is 2.09. The van der Waals surface area contributed by atoms with Crippen molar-refractivity contribution >= 4 is 11.0 Å². The van der Waals surface area contributed by atoms with Crippen molar-refractivity contribution in [2.45, 2.75) is 25.4 Å². The van der Waals surface area contributed by atoms with Gasteiger partial charge in [-0.15, -0.1) is 0 Å².